The molecule has 0 bridgehead atoms. The second-order valence-electron chi connectivity index (χ2n) is 4.50. The fourth-order valence-corrected chi connectivity index (χ4v) is 2.66. The van der Waals surface area contributed by atoms with Crippen LogP contribution >= 0.6 is 43.5 Å². The molecule has 1 atom stereocenters. The molecule has 2 rings (SSSR count). The van der Waals surface area contributed by atoms with Crippen LogP contribution in [-0.4, -0.2) is 6.04 Å². The van der Waals surface area contributed by atoms with Gasteiger partial charge >= 0.3 is 0 Å². The minimum atomic E-state index is 0.356. The lowest BCUT2D eigenvalue weighted by molar-refractivity contribution is 0.790. The lowest BCUT2D eigenvalue weighted by Crippen LogP contribution is -2.17. The molecule has 2 aromatic carbocycles. The molecule has 0 aliphatic carbocycles. The summed E-state index contributed by atoms with van der Waals surface area (Å²) in [4.78, 5) is 0. The molecule has 0 aliphatic rings. The Bertz CT molecular complexity index is 555. The number of halogens is 3. The molecule has 0 heterocycles. The van der Waals surface area contributed by atoms with Gasteiger partial charge in [-0.05, 0) is 65.2 Å². The van der Waals surface area contributed by atoms with E-state index in [1.54, 1.807) is 0 Å². The number of benzene rings is 2. The zero-order valence-electron chi connectivity index (χ0n) is 10.5. The van der Waals surface area contributed by atoms with Crippen molar-refractivity contribution in [1.82, 2.24) is 0 Å². The van der Waals surface area contributed by atoms with E-state index in [4.69, 9.17) is 11.6 Å². The zero-order valence-corrected chi connectivity index (χ0v) is 14.4. The molecule has 1 N–H and O–H groups in total. The number of hydrogen-bond donors (Lipinski definition) is 1. The molecule has 0 aliphatic heterocycles. The van der Waals surface area contributed by atoms with Gasteiger partial charge in [0.05, 0.1) is 5.02 Å². The fourth-order valence-electron chi connectivity index (χ4n) is 1.90. The van der Waals surface area contributed by atoms with Crippen molar-refractivity contribution in [3.05, 3.63) is 62.0 Å². The van der Waals surface area contributed by atoms with Crippen molar-refractivity contribution in [2.75, 3.05) is 5.32 Å². The Kier molecular flexibility index (Phi) is 5.31. The Morgan fingerprint density at radius 2 is 1.79 bits per heavy atom. The lowest BCUT2D eigenvalue weighted by atomic mass is 10.1. The van der Waals surface area contributed by atoms with Crippen LogP contribution in [0.25, 0.3) is 0 Å². The largest absolute Gasteiger partial charge is 0.382 e. The number of nitrogens with one attached hydrogen (secondary N) is 1. The van der Waals surface area contributed by atoms with Crippen LogP contribution in [0.15, 0.2) is 51.4 Å². The molecule has 0 saturated carbocycles. The van der Waals surface area contributed by atoms with Crippen LogP contribution in [0.2, 0.25) is 5.02 Å². The van der Waals surface area contributed by atoms with Crippen LogP contribution in [0.1, 0.15) is 12.5 Å². The van der Waals surface area contributed by atoms with Gasteiger partial charge in [-0.15, -0.1) is 0 Å². The maximum Gasteiger partial charge on any atom is 0.0549 e. The van der Waals surface area contributed by atoms with Gasteiger partial charge in [0, 0.05) is 20.7 Å². The molecule has 0 aromatic heterocycles. The summed E-state index contributed by atoms with van der Waals surface area (Å²) in [5.74, 6) is 0. The lowest BCUT2D eigenvalue weighted by Gasteiger charge is -2.16. The quantitative estimate of drug-likeness (QED) is 0.669. The van der Waals surface area contributed by atoms with Gasteiger partial charge in [0.1, 0.15) is 0 Å². The third-order valence-electron chi connectivity index (χ3n) is 2.79. The second kappa shape index (κ2) is 6.78. The second-order valence-corrected chi connectivity index (χ2v) is 6.68. The SMILES string of the molecule is CC(Cc1ccc(Br)cc1)Nc1ccc(Cl)c(Br)c1. The Labute approximate surface area is 135 Å². The molecular weight excluding hydrogens is 389 g/mol. The zero-order chi connectivity index (χ0) is 13.8. The third kappa shape index (κ3) is 4.51. The third-order valence-corrected chi connectivity index (χ3v) is 4.53. The van der Waals surface area contributed by atoms with Crippen LogP contribution < -0.4 is 5.32 Å². The van der Waals surface area contributed by atoms with E-state index in [1.807, 2.05) is 18.2 Å². The Morgan fingerprint density at radius 3 is 2.42 bits per heavy atom. The molecule has 0 fully saturated rings. The fraction of sp³-hybridized carbons (Fsp3) is 0.200. The van der Waals surface area contributed by atoms with Crippen molar-refractivity contribution < 1.29 is 0 Å². The number of anilines is 1. The van der Waals surface area contributed by atoms with Crippen LogP contribution in [0, 0.1) is 0 Å². The smallest absolute Gasteiger partial charge is 0.0549 e. The highest BCUT2D eigenvalue weighted by Gasteiger charge is 2.05. The van der Waals surface area contributed by atoms with Crippen molar-refractivity contribution in [1.29, 1.82) is 0 Å². The summed E-state index contributed by atoms with van der Waals surface area (Å²) in [6.07, 6.45) is 0.980. The molecule has 100 valence electrons. The molecular formula is C15H14Br2ClN. The van der Waals surface area contributed by atoms with Gasteiger partial charge in [-0.2, -0.15) is 0 Å². The standard InChI is InChI=1S/C15H14Br2ClN/c1-10(8-11-2-4-12(16)5-3-11)19-13-6-7-15(18)14(17)9-13/h2-7,9-10,19H,8H2,1H3. The molecule has 1 nitrogen and oxygen atoms in total. The first-order valence-corrected chi connectivity index (χ1v) is 7.97. The Balaban J connectivity index is 1.98. The van der Waals surface area contributed by atoms with Crippen molar-refractivity contribution in [2.24, 2.45) is 0 Å². The van der Waals surface area contributed by atoms with Crippen LogP contribution in [0.4, 0.5) is 5.69 Å². The van der Waals surface area contributed by atoms with E-state index >= 15 is 0 Å². The minimum Gasteiger partial charge on any atom is -0.382 e. The first-order valence-electron chi connectivity index (χ1n) is 6.00. The topological polar surface area (TPSA) is 12.0 Å². The maximum absolute atomic E-state index is 5.98. The highest BCUT2D eigenvalue weighted by molar-refractivity contribution is 9.10. The van der Waals surface area contributed by atoms with E-state index in [0.717, 1.165) is 26.1 Å². The average molecular weight is 404 g/mol. The summed E-state index contributed by atoms with van der Waals surface area (Å²) in [7, 11) is 0. The van der Waals surface area contributed by atoms with E-state index in [1.165, 1.54) is 5.56 Å². The summed E-state index contributed by atoms with van der Waals surface area (Å²) >= 11 is 12.9. The first kappa shape index (κ1) is 14.9. The molecule has 0 spiro atoms. The summed E-state index contributed by atoms with van der Waals surface area (Å²) in [6, 6.07) is 14.7. The molecule has 1 unspecified atom stereocenters. The van der Waals surface area contributed by atoms with Gasteiger partial charge in [-0.1, -0.05) is 39.7 Å². The van der Waals surface area contributed by atoms with Gasteiger partial charge < -0.3 is 5.32 Å². The van der Waals surface area contributed by atoms with Crippen LogP contribution in [-0.2, 0) is 6.42 Å². The van der Waals surface area contributed by atoms with E-state index in [0.29, 0.717) is 6.04 Å². The van der Waals surface area contributed by atoms with Crippen molar-refractivity contribution in [3.63, 3.8) is 0 Å². The summed E-state index contributed by atoms with van der Waals surface area (Å²) in [6.45, 7) is 2.17. The van der Waals surface area contributed by atoms with Gasteiger partial charge in [-0.25, -0.2) is 0 Å². The van der Waals surface area contributed by atoms with E-state index in [-0.39, 0.29) is 0 Å². The molecule has 19 heavy (non-hydrogen) atoms. The average Bonchev–Trinajstić information content (AvgIpc) is 2.37. The van der Waals surface area contributed by atoms with E-state index in [2.05, 4.69) is 68.4 Å². The summed E-state index contributed by atoms with van der Waals surface area (Å²) in [5.41, 5.74) is 2.39. The van der Waals surface area contributed by atoms with Crippen LogP contribution in [0.5, 0.6) is 0 Å². The van der Waals surface area contributed by atoms with Gasteiger partial charge in [-0.3, -0.25) is 0 Å². The highest BCUT2D eigenvalue weighted by atomic mass is 79.9. The molecule has 4 heteroatoms. The highest BCUT2D eigenvalue weighted by Crippen LogP contribution is 2.26. The monoisotopic (exact) mass is 401 g/mol. The first-order chi connectivity index (χ1) is 9.04. The van der Waals surface area contributed by atoms with E-state index < -0.39 is 0 Å². The molecule has 0 saturated heterocycles. The van der Waals surface area contributed by atoms with Crippen molar-refractivity contribution >= 4 is 49.1 Å². The minimum absolute atomic E-state index is 0.356. The number of rotatable bonds is 4. The summed E-state index contributed by atoms with van der Waals surface area (Å²) < 4.78 is 2.02. The van der Waals surface area contributed by atoms with Crippen molar-refractivity contribution in [3.8, 4) is 0 Å². The van der Waals surface area contributed by atoms with Crippen LogP contribution in [0.3, 0.4) is 0 Å². The molecule has 0 radical (unpaired) electrons. The summed E-state index contributed by atoms with van der Waals surface area (Å²) in [5, 5.41) is 4.20. The predicted octanol–water partition coefficient (Wildman–Crippen LogP) is 5.91. The van der Waals surface area contributed by atoms with Crippen molar-refractivity contribution in [2.45, 2.75) is 19.4 Å². The van der Waals surface area contributed by atoms with Gasteiger partial charge in [0.25, 0.3) is 0 Å². The molecule has 0 amide bonds. The number of hydrogen-bond acceptors (Lipinski definition) is 1. The van der Waals surface area contributed by atoms with Gasteiger partial charge in [0.15, 0.2) is 0 Å². The van der Waals surface area contributed by atoms with Gasteiger partial charge in [0.2, 0.25) is 0 Å². The molecule has 2 aromatic rings. The Hall–Kier alpha value is -0.510. The Morgan fingerprint density at radius 1 is 1.11 bits per heavy atom. The predicted molar refractivity (Wildman–Crippen MR) is 90.1 cm³/mol. The maximum atomic E-state index is 5.98. The normalized spacial score (nSPS) is 12.2. The van der Waals surface area contributed by atoms with E-state index in [9.17, 15) is 0 Å².